The Labute approximate surface area is 87.4 Å². The Morgan fingerprint density at radius 3 is 2.33 bits per heavy atom. The van der Waals surface area contributed by atoms with Gasteiger partial charge in [0.2, 0.25) is 0 Å². The van der Waals surface area contributed by atoms with Gasteiger partial charge in [0, 0.05) is 0 Å². The van der Waals surface area contributed by atoms with E-state index < -0.39 is 36.8 Å². The second-order valence-corrected chi connectivity index (χ2v) is 3.94. The van der Waals surface area contributed by atoms with Gasteiger partial charge in [-0.25, -0.2) is 0 Å². The van der Waals surface area contributed by atoms with Gasteiger partial charge in [0.05, 0.1) is 6.61 Å². The van der Waals surface area contributed by atoms with Crippen LogP contribution in [-0.2, 0) is 14.3 Å². The van der Waals surface area contributed by atoms with Crippen LogP contribution in [0.2, 0.25) is 0 Å². The highest BCUT2D eigenvalue weighted by atomic mass is 16.8. The molecule has 3 N–H and O–H groups in total. The maximum absolute atomic E-state index is 10.4. The largest absolute Gasteiger partial charge is 0.394 e. The molecule has 0 aromatic carbocycles. The molecule has 1 rings (SSSR count). The molecule has 6 heteroatoms. The molecule has 1 aliphatic heterocycles. The van der Waals surface area contributed by atoms with Gasteiger partial charge in [-0.15, -0.1) is 0 Å². The van der Waals surface area contributed by atoms with Crippen LogP contribution in [0.15, 0.2) is 0 Å². The van der Waals surface area contributed by atoms with Crippen LogP contribution in [0.1, 0.15) is 13.8 Å². The van der Waals surface area contributed by atoms with E-state index in [-0.39, 0.29) is 0 Å². The molecule has 15 heavy (non-hydrogen) atoms. The van der Waals surface area contributed by atoms with Gasteiger partial charge in [-0.05, 0) is 13.8 Å². The van der Waals surface area contributed by atoms with Crippen LogP contribution >= 0.6 is 0 Å². The molecular formula is C9H16O6. The molecular weight excluding hydrogens is 204 g/mol. The summed E-state index contributed by atoms with van der Waals surface area (Å²) in [5, 5.41) is 27.5. The summed E-state index contributed by atoms with van der Waals surface area (Å²) in [5.74, 6) is -0.991. The van der Waals surface area contributed by atoms with Crippen molar-refractivity contribution in [1.29, 1.82) is 0 Å². The zero-order valence-electron chi connectivity index (χ0n) is 8.66. The number of hydrogen-bond acceptors (Lipinski definition) is 6. The average Bonchev–Trinajstić information content (AvgIpc) is 2.52. The quantitative estimate of drug-likeness (QED) is 0.495. The van der Waals surface area contributed by atoms with E-state index in [4.69, 9.17) is 14.6 Å². The highest BCUT2D eigenvalue weighted by Gasteiger charge is 2.47. The molecule has 4 atom stereocenters. The van der Waals surface area contributed by atoms with E-state index in [1.165, 1.54) is 0 Å². The first kappa shape index (κ1) is 12.5. The fourth-order valence-electron chi connectivity index (χ4n) is 1.56. The summed E-state index contributed by atoms with van der Waals surface area (Å²) in [5.41, 5.74) is 0. The van der Waals surface area contributed by atoms with Crippen LogP contribution < -0.4 is 0 Å². The normalized spacial score (nSPS) is 33.7. The van der Waals surface area contributed by atoms with Crippen molar-refractivity contribution in [2.24, 2.45) is 0 Å². The Morgan fingerprint density at radius 1 is 1.33 bits per heavy atom. The van der Waals surface area contributed by atoms with E-state index in [1.807, 2.05) is 0 Å². The predicted octanol–water partition coefficient (Wildman–Crippen LogP) is -1.58. The lowest BCUT2D eigenvalue weighted by molar-refractivity contribution is -0.162. The molecule has 1 fully saturated rings. The summed E-state index contributed by atoms with van der Waals surface area (Å²) in [6.07, 6.45) is -4.12. The van der Waals surface area contributed by atoms with Crippen LogP contribution in [0.4, 0.5) is 0 Å². The van der Waals surface area contributed by atoms with Crippen molar-refractivity contribution in [3.63, 3.8) is 0 Å². The van der Waals surface area contributed by atoms with E-state index in [0.29, 0.717) is 6.29 Å². The highest BCUT2D eigenvalue weighted by Crippen LogP contribution is 2.31. The Kier molecular flexibility index (Phi) is 3.80. The SMILES string of the molecule is CC1(C)O[C@@H]([C@H](O)CO)[C@@H]([C@@H](O)C=O)O1. The molecule has 88 valence electrons. The van der Waals surface area contributed by atoms with E-state index in [0.717, 1.165) is 0 Å². The number of aliphatic hydroxyl groups excluding tert-OH is 3. The van der Waals surface area contributed by atoms with Crippen molar-refractivity contribution in [2.75, 3.05) is 6.61 Å². The first-order valence-corrected chi connectivity index (χ1v) is 4.69. The van der Waals surface area contributed by atoms with Crippen molar-refractivity contribution < 1.29 is 29.6 Å². The zero-order valence-corrected chi connectivity index (χ0v) is 8.66. The molecule has 0 spiro atoms. The second-order valence-electron chi connectivity index (χ2n) is 3.94. The molecule has 1 saturated heterocycles. The molecule has 6 nitrogen and oxygen atoms in total. The summed E-state index contributed by atoms with van der Waals surface area (Å²) in [4.78, 5) is 10.4. The highest BCUT2D eigenvalue weighted by molar-refractivity contribution is 5.57. The summed E-state index contributed by atoms with van der Waals surface area (Å²) < 4.78 is 10.5. The number of ether oxygens (including phenoxy) is 2. The minimum Gasteiger partial charge on any atom is -0.394 e. The molecule has 0 aromatic heterocycles. The first-order chi connectivity index (χ1) is 6.91. The molecule has 0 amide bonds. The number of hydrogen-bond donors (Lipinski definition) is 3. The van der Waals surface area contributed by atoms with Crippen LogP contribution in [0.3, 0.4) is 0 Å². The standard InChI is InChI=1S/C9H16O6/c1-9(2)14-7(5(12)3-10)8(15-9)6(13)4-11/h3,5-8,11-13H,4H2,1-2H3/t5-,6+,7+,8-/m0/s1. The van der Waals surface area contributed by atoms with Gasteiger partial charge in [0.1, 0.15) is 24.4 Å². The fraction of sp³-hybridized carbons (Fsp3) is 0.889. The van der Waals surface area contributed by atoms with Gasteiger partial charge < -0.3 is 29.6 Å². The maximum atomic E-state index is 10.4. The average molecular weight is 220 g/mol. The van der Waals surface area contributed by atoms with E-state index in [9.17, 15) is 15.0 Å². The van der Waals surface area contributed by atoms with Gasteiger partial charge >= 0.3 is 0 Å². The lowest BCUT2D eigenvalue weighted by Gasteiger charge is -2.21. The third kappa shape index (κ3) is 2.73. The van der Waals surface area contributed by atoms with Gasteiger partial charge in [0.15, 0.2) is 12.1 Å². The molecule has 0 aromatic rings. The summed E-state index contributed by atoms with van der Waals surface area (Å²) in [7, 11) is 0. The molecule has 0 aliphatic carbocycles. The predicted molar refractivity (Wildman–Crippen MR) is 49.0 cm³/mol. The van der Waals surface area contributed by atoms with E-state index in [1.54, 1.807) is 13.8 Å². The summed E-state index contributed by atoms with van der Waals surface area (Å²) in [6, 6.07) is 0. The Balaban J connectivity index is 2.78. The van der Waals surface area contributed by atoms with Crippen LogP contribution in [0.5, 0.6) is 0 Å². The Hall–Kier alpha value is -0.530. The van der Waals surface area contributed by atoms with Gasteiger partial charge in [-0.2, -0.15) is 0 Å². The molecule has 0 unspecified atom stereocenters. The summed E-state index contributed by atoms with van der Waals surface area (Å²) in [6.45, 7) is 2.68. The Bertz CT molecular complexity index is 229. The van der Waals surface area contributed by atoms with Crippen molar-refractivity contribution in [3.8, 4) is 0 Å². The molecule has 0 saturated carbocycles. The van der Waals surface area contributed by atoms with Crippen molar-refractivity contribution in [3.05, 3.63) is 0 Å². The van der Waals surface area contributed by atoms with Crippen molar-refractivity contribution >= 4 is 6.29 Å². The molecule has 0 radical (unpaired) electrons. The summed E-state index contributed by atoms with van der Waals surface area (Å²) >= 11 is 0. The fourth-order valence-corrected chi connectivity index (χ4v) is 1.56. The number of aldehydes is 1. The number of carbonyl (C=O) groups is 1. The van der Waals surface area contributed by atoms with E-state index >= 15 is 0 Å². The number of carbonyl (C=O) groups excluding carboxylic acids is 1. The lowest BCUT2D eigenvalue weighted by Crippen LogP contribution is -2.44. The van der Waals surface area contributed by atoms with Gasteiger partial charge in [0.25, 0.3) is 0 Å². The minimum atomic E-state index is -1.38. The topological polar surface area (TPSA) is 96.2 Å². The molecule has 1 aliphatic rings. The van der Waals surface area contributed by atoms with Crippen LogP contribution in [-0.4, -0.2) is 58.4 Å². The number of aliphatic hydroxyl groups is 3. The monoisotopic (exact) mass is 220 g/mol. The zero-order chi connectivity index (χ0) is 11.6. The smallest absolute Gasteiger partial charge is 0.164 e. The minimum absolute atomic E-state index is 0.312. The van der Waals surface area contributed by atoms with Crippen LogP contribution in [0, 0.1) is 0 Å². The molecule has 0 bridgehead atoms. The van der Waals surface area contributed by atoms with E-state index in [2.05, 4.69) is 0 Å². The second kappa shape index (κ2) is 4.54. The molecule has 1 heterocycles. The third-order valence-corrected chi connectivity index (χ3v) is 2.21. The van der Waals surface area contributed by atoms with Gasteiger partial charge in [-0.3, -0.25) is 0 Å². The first-order valence-electron chi connectivity index (χ1n) is 4.69. The third-order valence-electron chi connectivity index (χ3n) is 2.21. The Morgan fingerprint density at radius 2 is 1.87 bits per heavy atom. The number of rotatable bonds is 4. The van der Waals surface area contributed by atoms with Crippen LogP contribution in [0.25, 0.3) is 0 Å². The lowest BCUT2D eigenvalue weighted by atomic mass is 10.0. The maximum Gasteiger partial charge on any atom is 0.164 e. The van der Waals surface area contributed by atoms with Crippen molar-refractivity contribution in [1.82, 2.24) is 0 Å². The van der Waals surface area contributed by atoms with Crippen molar-refractivity contribution in [2.45, 2.75) is 44.1 Å². The van der Waals surface area contributed by atoms with Gasteiger partial charge in [-0.1, -0.05) is 0 Å².